The molecule has 0 unspecified atom stereocenters. The second kappa shape index (κ2) is 12.3. The van der Waals surface area contributed by atoms with Crippen LogP contribution in [0.25, 0.3) is 0 Å². The van der Waals surface area contributed by atoms with Gasteiger partial charge in [-0.1, -0.05) is 42.5 Å². The van der Waals surface area contributed by atoms with Gasteiger partial charge in [0.15, 0.2) is 5.96 Å². The zero-order valence-corrected chi connectivity index (χ0v) is 20.8. The third-order valence-corrected chi connectivity index (χ3v) is 5.95. The molecule has 0 radical (unpaired) electrons. The minimum atomic E-state index is 0. The van der Waals surface area contributed by atoms with Crippen LogP contribution in [0, 0.1) is 0 Å². The third-order valence-electron chi connectivity index (χ3n) is 5.95. The predicted molar refractivity (Wildman–Crippen MR) is 139 cm³/mol. The van der Waals surface area contributed by atoms with Crippen molar-refractivity contribution in [3.05, 3.63) is 65.2 Å². The molecule has 0 atom stereocenters. The summed E-state index contributed by atoms with van der Waals surface area (Å²) >= 11 is 0. The predicted octanol–water partition coefficient (Wildman–Crippen LogP) is 4.00. The van der Waals surface area contributed by atoms with Crippen molar-refractivity contribution in [3.63, 3.8) is 0 Å². The quantitative estimate of drug-likeness (QED) is 0.321. The number of ether oxygens (including phenoxy) is 1. The number of hydrogen-bond acceptors (Lipinski definition) is 3. The summed E-state index contributed by atoms with van der Waals surface area (Å²) in [5.41, 5.74) is 4.08. The van der Waals surface area contributed by atoms with Gasteiger partial charge in [0.05, 0.1) is 6.61 Å². The van der Waals surface area contributed by atoms with Gasteiger partial charge in [-0.3, -0.25) is 9.89 Å². The number of nitrogens with zero attached hydrogens (tertiary/aromatic N) is 2. The van der Waals surface area contributed by atoms with E-state index in [-0.39, 0.29) is 24.0 Å². The Bertz CT molecular complexity index is 835. The number of fused-ring (bicyclic) bond motifs is 1. The van der Waals surface area contributed by atoms with E-state index >= 15 is 0 Å². The van der Waals surface area contributed by atoms with Crippen molar-refractivity contribution in [2.24, 2.45) is 4.99 Å². The maximum absolute atomic E-state index is 5.60. The van der Waals surface area contributed by atoms with E-state index in [1.807, 2.05) is 0 Å². The van der Waals surface area contributed by atoms with Gasteiger partial charge < -0.3 is 15.4 Å². The van der Waals surface area contributed by atoms with Crippen LogP contribution in [0.1, 0.15) is 36.5 Å². The molecule has 2 heterocycles. The normalized spacial score (nSPS) is 16.9. The standard InChI is InChI=1S/C25H34N4O.HI/c1-2-26-25(27-14-10-20-8-9-24-22(18-20)13-17-30-24)28-23-11-15-29(16-12-23)19-21-6-4-3-5-7-21;/h3-9,18,23H,2,10-17,19H2,1H3,(H2,26,27,28);1H. The molecule has 4 rings (SSSR count). The highest BCUT2D eigenvalue weighted by Gasteiger charge is 2.20. The maximum atomic E-state index is 5.60. The Morgan fingerprint density at radius 3 is 2.68 bits per heavy atom. The van der Waals surface area contributed by atoms with Gasteiger partial charge in [0, 0.05) is 45.2 Å². The molecule has 0 saturated carbocycles. The zero-order chi connectivity index (χ0) is 20.6. The number of aliphatic imine (C=N–C) groups is 1. The summed E-state index contributed by atoms with van der Waals surface area (Å²) in [5.74, 6) is 2.00. The van der Waals surface area contributed by atoms with Crippen LogP contribution < -0.4 is 15.4 Å². The summed E-state index contributed by atoms with van der Waals surface area (Å²) < 4.78 is 5.60. The molecule has 0 amide bonds. The Labute approximate surface area is 203 Å². The van der Waals surface area contributed by atoms with Gasteiger partial charge in [0.1, 0.15) is 5.75 Å². The second-order valence-corrected chi connectivity index (χ2v) is 8.23. The molecule has 0 aliphatic carbocycles. The van der Waals surface area contributed by atoms with Crippen LogP contribution in [0.15, 0.2) is 53.5 Å². The maximum Gasteiger partial charge on any atom is 0.191 e. The molecule has 1 fully saturated rings. The molecule has 2 N–H and O–H groups in total. The first-order valence-electron chi connectivity index (χ1n) is 11.4. The molecule has 0 aromatic heterocycles. The van der Waals surface area contributed by atoms with Crippen molar-refractivity contribution in [1.29, 1.82) is 0 Å². The third kappa shape index (κ3) is 7.10. The lowest BCUT2D eigenvalue weighted by molar-refractivity contribution is 0.198. The molecule has 168 valence electrons. The number of rotatable bonds is 7. The van der Waals surface area contributed by atoms with E-state index in [1.165, 1.54) is 16.7 Å². The molecule has 2 aliphatic rings. The zero-order valence-electron chi connectivity index (χ0n) is 18.5. The van der Waals surface area contributed by atoms with Gasteiger partial charge in [0.25, 0.3) is 0 Å². The monoisotopic (exact) mass is 534 g/mol. The Morgan fingerprint density at radius 1 is 1.10 bits per heavy atom. The first kappa shape index (κ1) is 23.9. The fraction of sp³-hybridized carbons (Fsp3) is 0.480. The van der Waals surface area contributed by atoms with E-state index in [0.29, 0.717) is 6.04 Å². The number of guanidine groups is 1. The van der Waals surface area contributed by atoms with Crippen molar-refractivity contribution in [2.45, 2.75) is 45.2 Å². The van der Waals surface area contributed by atoms with E-state index in [4.69, 9.17) is 9.73 Å². The largest absolute Gasteiger partial charge is 0.493 e. The lowest BCUT2D eigenvalue weighted by Crippen LogP contribution is -2.48. The number of hydrogen-bond donors (Lipinski definition) is 2. The van der Waals surface area contributed by atoms with Gasteiger partial charge in [-0.15, -0.1) is 24.0 Å². The molecule has 31 heavy (non-hydrogen) atoms. The van der Waals surface area contributed by atoms with Crippen LogP contribution >= 0.6 is 24.0 Å². The van der Waals surface area contributed by atoms with E-state index in [0.717, 1.165) is 76.7 Å². The van der Waals surface area contributed by atoms with Crippen molar-refractivity contribution in [3.8, 4) is 5.75 Å². The summed E-state index contributed by atoms with van der Waals surface area (Å²) in [4.78, 5) is 7.38. The smallest absolute Gasteiger partial charge is 0.191 e. The molecule has 2 aromatic carbocycles. The average molecular weight is 534 g/mol. The van der Waals surface area contributed by atoms with Crippen LogP contribution in [0.5, 0.6) is 5.75 Å². The summed E-state index contributed by atoms with van der Waals surface area (Å²) in [6, 6.07) is 17.8. The van der Waals surface area contributed by atoms with Gasteiger partial charge in [-0.05, 0) is 48.9 Å². The first-order valence-corrected chi connectivity index (χ1v) is 11.4. The van der Waals surface area contributed by atoms with Crippen LogP contribution in [-0.4, -0.2) is 49.7 Å². The lowest BCUT2D eigenvalue weighted by Gasteiger charge is -2.33. The van der Waals surface area contributed by atoms with E-state index in [2.05, 4.69) is 71.0 Å². The number of benzene rings is 2. The highest BCUT2D eigenvalue weighted by molar-refractivity contribution is 14.0. The first-order chi connectivity index (χ1) is 14.8. The fourth-order valence-corrected chi connectivity index (χ4v) is 4.28. The fourth-order valence-electron chi connectivity index (χ4n) is 4.28. The molecule has 0 spiro atoms. The molecular weight excluding hydrogens is 499 g/mol. The SMILES string of the molecule is CCNC(=NCCc1ccc2c(c1)CCO2)NC1CCN(Cc2ccccc2)CC1.I. The van der Waals surface area contributed by atoms with Crippen LogP contribution in [0.3, 0.4) is 0 Å². The molecule has 2 aliphatic heterocycles. The van der Waals surface area contributed by atoms with Gasteiger partial charge in [0.2, 0.25) is 0 Å². The highest BCUT2D eigenvalue weighted by Crippen LogP contribution is 2.26. The van der Waals surface area contributed by atoms with E-state index in [9.17, 15) is 0 Å². The Kier molecular flexibility index (Phi) is 9.46. The van der Waals surface area contributed by atoms with Gasteiger partial charge in [-0.25, -0.2) is 0 Å². The van der Waals surface area contributed by atoms with E-state index < -0.39 is 0 Å². The topological polar surface area (TPSA) is 48.9 Å². The number of piperidine rings is 1. The van der Waals surface area contributed by atoms with Crippen molar-refractivity contribution < 1.29 is 4.74 Å². The van der Waals surface area contributed by atoms with Crippen LogP contribution in [-0.2, 0) is 19.4 Å². The highest BCUT2D eigenvalue weighted by atomic mass is 127. The number of nitrogens with one attached hydrogen (secondary N) is 2. The summed E-state index contributed by atoms with van der Waals surface area (Å²) in [7, 11) is 0. The minimum absolute atomic E-state index is 0. The Morgan fingerprint density at radius 2 is 1.90 bits per heavy atom. The van der Waals surface area contributed by atoms with E-state index in [1.54, 1.807) is 0 Å². The molecule has 6 heteroatoms. The number of halogens is 1. The van der Waals surface area contributed by atoms with Crippen molar-refractivity contribution in [2.75, 3.05) is 32.8 Å². The van der Waals surface area contributed by atoms with Crippen molar-refractivity contribution in [1.82, 2.24) is 15.5 Å². The second-order valence-electron chi connectivity index (χ2n) is 8.23. The minimum Gasteiger partial charge on any atom is -0.493 e. The molecule has 1 saturated heterocycles. The summed E-state index contributed by atoms with van der Waals surface area (Å²) in [6.07, 6.45) is 4.29. The lowest BCUT2D eigenvalue weighted by atomic mass is 10.0. The van der Waals surface area contributed by atoms with Crippen molar-refractivity contribution >= 4 is 29.9 Å². The van der Waals surface area contributed by atoms with Gasteiger partial charge in [-0.2, -0.15) is 0 Å². The summed E-state index contributed by atoms with van der Waals surface area (Å²) in [6.45, 7) is 7.92. The van der Waals surface area contributed by atoms with Gasteiger partial charge >= 0.3 is 0 Å². The molecule has 2 aromatic rings. The molecule has 0 bridgehead atoms. The van der Waals surface area contributed by atoms with Crippen LogP contribution in [0.2, 0.25) is 0 Å². The average Bonchev–Trinajstić information content (AvgIpc) is 3.24. The molecular formula is C25H35IN4O. The summed E-state index contributed by atoms with van der Waals surface area (Å²) in [5, 5.41) is 7.08. The number of likely N-dealkylation sites (tertiary alicyclic amines) is 1. The Hall–Kier alpha value is -1.80. The van der Waals surface area contributed by atoms with Crippen LogP contribution in [0.4, 0.5) is 0 Å². The Balaban J connectivity index is 0.00000272. The molecule has 5 nitrogen and oxygen atoms in total.